The Morgan fingerprint density at radius 2 is 1.94 bits per heavy atom. The van der Waals surface area contributed by atoms with Crippen molar-refractivity contribution in [2.24, 2.45) is 5.41 Å². The highest BCUT2D eigenvalue weighted by Gasteiger charge is 2.32. The highest BCUT2D eigenvalue weighted by atomic mass is 79.9. The molecule has 0 aliphatic heterocycles. The van der Waals surface area contributed by atoms with E-state index in [2.05, 4.69) is 15.9 Å². The van der Waals surface area contributed by atoms with Crippen LogP contribution in [0.25, 0.3) is 0 Å². The molecule has 0 aromatic heterocycles. The number of hydrogen-bond acceptors (Lipinski definition) is 1. The summed E-state index contributed by atoms with van der Waals surface area (Å²) in [6.07, 6.45) is 6.47. The molecule has 0 atom stereocenters. The van der Waals surface area contributed by atoms with E-state index in [-0.39, 0.29) is 17.8 Å². The maximum Gasteiger partial charge on any atom is 0.123 e. The van der Waals surface area contributed by atoms with Gasteiger partial charge in [0, 0.05) is 11.1 Å². The summed E-state index contributed by atoms with van der Waals surface area (Å²) in [5.41, 5.74) is 0.940. The molecule has 1 aliphatic carbocycles. The van der Waals surface area contributed by atoms with Crippen LogP contribution in [-0.2, 0) is 6.42 Å². The van der Waals surface area contributed by atoms with Gasteiger partial charge in [0.1, 0.15) is 5.82 Å². The Balaban J connectivity index is 2.20. The monoisotopic (exact) mass is 300 g/mol. The molecule has 1 fully saturated rings. The number of benzene rings is 1. The van der Waals surface area contributed by atoms with Gasteiger partial charge in [0.15, 0.2) is 0 Å². The second kappa shape index (κ2) is 5.49. The van der Waals surface area contributed by atoms with Crippen LogP contribution in [0.1, 0.15) is 37.7 Å². The zero-order valence-corrected chi connectivity index (χ0v) is 11.5. The molecule has 1 N–H and O–H groups in total. The normalized spacial score (nSPS) is 19.2. The van der Waals surface area contributed by atoms with Crippen molar-refractivity contribution >= 4 is 15.9 Å². The molecule has 0 amide bonds. The Hall–Kier alpha value is -0.410. The second-order valence-corrected chi connectivity index (χ2v) is 5.99. The van der Waals surface area contributed by atoms with Gasteiger partial charge in [0.25, 0.3) is 0 Å². The molecular formula is C14H18BrFO. The third-order valence-electron chi connectivity index (χ3n) is 3.82. The lowest BCUT2D eigenvalue weighted by Crippen LogP contribution is -2.30. The van der Waals surface area contributed by atoms with Crippen molar-refractivity contribution in [3.63, 3.8) is 0 Å². The third kappa shape index (κ3) is 3.08. The van der Waals surface area contributed by atoms with Crippen LogP contribution in [0, 0.1) is 11.2 Å². The summed E-state index contributed by atoms with van der Waals surface area (Å²) in [6.45, 7) is 0.204. The lowest BCUT2D eigenvalue weighted by molar-refractivity contribution is 0.0821. The van der Waals surface area contributed by atoms with E-state index >= 15 is 0 Å². The van der Waals surface area contributed by atoms with Crippen molar-refractivity contribution in [2.75, 3.05) is 6.61 Å². The van der Waals surface area contributed by atoms with Gasteiger partial charge in [0.2, 0.25) is 0 Å². The maximum atomic E-state index is 13.2. The van der Waals surface area contributed by atoms with E-state index in [0.717, 1.165) is 29.3 Å². The van der Waals surface area contributed by atoms with Crippen LogP contribution in [0.4, 0.5) is 4.39 Å². The molecular weight excluding hydrogens is 283 g/mol. The van der Waals surface area contributed by atoms with Crippen LogP contribution in [0.5, 0.6) is 0 Å². The Morgan fingerprint density at radius 1 is 1.24 bits per heavy atom. The Morgan fingerprint density at radius 3 is 2.59 bits per heavy atom. The van der Waals surface area contributed by atoms with Crippen molar-refractivity contribution in [2.45, 2.75) is 38.5 Å². The lowest BCUT2D eigenvalue weighted by atomic mass is 9.71. The van der Waals surface area contributed by atoms with Gasteiger partial charge in [-0.3, -0.25) is 0 Å². The number of rotatable bonds is 3. The minimum absolute atomic E-state index is 0.0332. The first kappa shape index (κ1) is 13.0. The molecule has 0 saturated heterocycles. The fourth-order valence-corrected chi connectivity index (χ4v) is 3.16. The smallest absolute Gasteiger partial charge is 0.123 e. The highest BCUT2D eigenvalue weighted by molar-refractivity contribution is 9.10. The van der Waals surface area contributed by atoms with Gasteiger partial charge in [-0.2, -0.15) is 0 Å². The molecule has 17 heavy (non-hydrogen) atoms. The summed E-state index contributed by atoms with van der Waals surface area (Å²) in [7, 11) is 0. The van der Waals surface area contributed by atoms with Crippen molar-refractivity contribution in [1.29, 1.82) is 0 Å². The SMILES string of the molecule is OCC1(Cc2cc(F)ccc2Br)CCCCC1. The summed E-state index contributed by atoms with van der Waals surface area (Å²) in [5.74, 6) is -0.202. The number of aliphatic hydroxyl groups excluding tert-OH is 1. The van der Waals surface area contributed by atoms with E-state index in [1.165, 1.54) is 25.3 Å². The second-order valence-electron chi connectivity index (χ2n) is 5.13. The van der Waals surface area contributed by atoms with Crippen molar-refractivity contribution in [3.8, 4) is 0 Å². The summed E-state index contributed by atoms with van der Waals surface area (Å²) in [4.78, 5) is 0. The molecule has 0 radical (unpaired) electrons. The summed E-state index contributed by atoms with van der Waals surface area (Å²) in [5, 5.41) is 9.65. The van der Waals surface area contributed by atoms with E-state index < -0.39 is 0 Å². The van der Waals surface area contributed by atoms with Crippen LogP contribution in [0.2, 0.25) is 0 Å². The molecule has 2 rings (SSSR count). The van der Waals surface area contributed by atoms with Gasteiger partial charge in [-0.05, 0) is 48.4 Å². The van der Waals surface area contributed by atoms with Crippen molar-refractivity contribution in [3.05, 3.63) is 34.1 Å². The van der Waals surface area contributed by atoms with Crippen LogP contribution in [-0.4, -0.2) is 11.7 Å². The first-order valence-corrected chi connectivity index (χ1v) is 6.99. The van der Waals surface area contributed by atoms with E-state index in [4.69, 9.17) is 0 Å². The molecule has 1 aliphatic rings. The van der Waals surface area contributed by atoms with Gasteiger partial charge in [-0.25, -0.2) is 4.39 Å². The van der Waals surface area contributed by atoms with Gasteiger partial charge in [-0.15, -0.1) is 0 Å². The lowest BCUT2D eigenvalue weighted by Gasteiger charge is -2.36. The average molecular weight is 301 g/mol. The average Bonchev–Trinajstić information content (AvgIpc) is 2.35. The minimum atomic E-state index is -0.202. The van der Waals surface area contributed by atoms with Crippen LogP contribution in [0.3, 0.4) is 0 Å². The molecule has 1 aromatic rings. The number of hydrogen-bond donors (Lipinski definition) is 1. The van der Waals surface area contributed by atoms with Gasteiger partial charge in [-0.1, -0.05) is 35.2 Å². The highest BCUT2D eigenvalue weighted by Crippen LogP contribution is 2.40. The van der Waals surface area contributed by atoms with Crippen molar-refractivity contribution in [1.82, 2.24) is 0 Å². The molecule has 94 valence electrons. The predicted molar refractivity (Wildman–Crippen MR) is 70.4 cm³/mol. The number of aliphatic hydroxyl groups is 1. The fourth-order valence-electron chi connectivity index (χ4n) is 2.78. The van der Waals surface area contributed by atoms with Gasteiger partial charge in [0.05, 0.1) is 0 Å². The fraction of sp³-hybridized carbons (Fsp3) is 0.571. The first-order valence-electron chi connectivity index (χ1n) is 6.20. The Labute approximate surface area is 110 Å². The van der Waals surface area contributed by atoms with Gasteiger partial charge >= 0.3 is 0 Å². The van der Waals surface area contributed by atoms with Gasteiger partial charge < -0.3 is 5.11 Å². The largest absolute Gasteiger partial charge is 0.396 e. The van der Waals surface area contributed by atoms with E-state index in [1.54, 1.807) is 12.1 Å². The number of halogens is 2. The molecule has 0 bridgehead atoms. The van der Waals surface area contributed by atoms with Crippen LogP contribution < -0.4 is 0 Å². The third-order valence-corrected chi connectivity index (χ3v) is 4.60. The minimum Gasteiger partial charge on any atom is -0.396 e. The van der Waals surface area contributed by atoms with Crippen molar-refractivity contribution < 1.29 is 9.50 Å². The summed E-state index contributed by atoms with van der Waals surface area (Å²) < 4.78 is 14.2. The van der Waals surface area contributed by atoms with E-state index in [1.807, 2.05) is 0 Å². The predicted octanol–water partition coefficient (Wildman–Crippen LogP) is 4.07. The van der Waals surface area contributed by atoms with E-state index in [0.29, 0.717) is 0 Å². The standard InChI is InChI=1S/C14H18BrFO/c15-13-5-4-12(16)8-11(13)9-14(10-17)6-2-1-3-7-14/h4-5,8,17H,1-3,6-7,9-10H2. The van der Waals surface area contributed by atoms with E-state index in [9.17, 15) is 9.50 Å². The Kier molecular flexibility index (Phi) is 4.21. The topological polar surface area (TPSA) is 20.2 Å². The summed E-state index contributed by atoms with van der Waals surface area (Å²) >= 11 is 3.46. The molecule has 0 unspecified atom stereocenters. The molecule has 0 heterocycles. The first-order chi connectivity index (χ1) is 8.15. The molecule has 1 nitrogen and oxygen atoms in total. The molecule has 1 aromatic carbocycles. The molecule has 3 heteroatoms. The zero-order valence-electron chi connectivity index (χ0n) is 9.88. The Bertz CT molecular complexity index is 386. The zero-order chi connectivity index (χ0) is 12.3. The van der Waals surface area contributed by atoms with Crippen LogP contribution in [0.15, 0.2) is 22.7 Å². The van der Waals surface area contributed by atoms with Crippen LogP contribution >= 0.6 is 15.9 Å². The maximum absolute atomic E-state index is 13.2. The summed E-state index contributed by atoms with van der Waals surface area (Å²) in [6, 6.07) is 4.79. The molecule has 1 saturated carbocycles. The molecule has 0 spiro atoms. The quantitative estimate of drug-likeness (QED) is 0.892.